The van der Waals surface area contributed by atoms with E-state index in [1.165, 1.54) is 0 Å². The lowest BCUT2D eigenvalue weighted by atomic mass is 9.73. The number of hydrogen-bond donors (Lipinski definition) is 3. The van der Waals surface area contributed by atoms with Gasteiger partial charge >= 0.3 is 17.8 Å². The average Bonchev–Trinajstić information content (AvgIpc) is 3.22. The Labute approximate surface area is 180 Å². The molecule has 9 nitrogen and oxygen atoms in total. The fourth-order valence-electron chi connectivity index (χ4n) is 5.70. The lowest BCUT2D eigenvalue weighted by Gasteiger charge is -2.38. The lowest BCUT2D eigenvalue weighted by Crippen LogP contribution is -2.58. The van der Waals surface area contributed by atoms with E-state index in [1.807, 2.05) is 6.92 Å². The van der Waals surface area contributed by atoms with Crippen LogP contribution in [0, 0.1) is 18.8 Å². The molecule has 4 rings (SSSR count). The van der Waals surface area contributed by atoms with Crippen LogP contribution >= 0.6 is 0 Å². The number of rotatable bonds is 6. The topological polar surface area (TPSA) is 122 Å². The number of nitrogens with zero attached hydrogens (tertiary/aromatic N) is 1. The Hall–Kier alpha value is -2.49. The highest BCUT2D eigenvalue weighted by Gasteiger charge is 2.87. The van der Waals surface area contributed by atoms with E-state index in [2.05, 4.69) is 5.48 Å². The van der Waals surface area contributed by atoms with E-state index in [9.17, 15) is 24.6 Å². The molecule has 5 unspecified atom stereocenters. The van der Waals surface area contributed by atoms with Gasteiger partial charge in [0.25, 0.3) is 0 Å². The number of ether oxygens (including phenoxy) is 1. The van der Waals surface area contributed by atoms with Crippen LogP contribution in [0.25, 0.3) is 0 Å². The minimum absolute atomic E-state index is 0.0229. The Balaban J connectivity index is 1.52. The van der Waals surface area contributed by atoms with Crippen molar-refractivity contribution in [1.29, 1.82) is 0 Å². The quantitative estimate of drug-likeness (QED) is 0.354. The summed E-state index contributed by atoms with van der Waals surface area (Å²) < 4.78 is 5.72. The minimum atomic E-state index is -1.07. The molecule has 1 aromatic rings. The third-order valence-corrected chi connectivity index (χ3v) is 7.31. The summed E-state index contributed by atoms with van der Waals surface area (Å²) in [5.74, 6) is -2.43. The van der Waals surface area contributed by atoms with Crippen molar-refractivity contribution in [2.45, 2.75) is 44.7 Å². The molecule has 9 heteroatoms. The number of fused-ring (bicyclic) bond motifs is 1. The maximum Gasteiger partial charge on any atom is 0.377 e. The first kappa shape index (κ1) is 21.7. The summed E-state index contributed by atoms with van der Waals surface area (Å²) in [6, 6.07) is 4.62. The third kappa shape index (κ3) is 3.31. The second-order valence-electron chi connectivity index (χ2n) is 9.09. The molecule has 1 aliphatic carbocycles. The molecule has 3 N–H and O–H groups in total. The number of benzene rings is 1. The molecular formula is C22H29N2O7+. The van der Waals surface area contributed by atoms with Crippen molar-refractivity contribution in [1.82, 2.24) is 0 Å². The highest BCUT2D eigenvalue weighted by Crippen LogP contribution is 2.60. The van der Waals surface area contributed by atoms with Gasteiger partial charge in [-0.15, -0.1) is 0 Å². The number of carbonyl (C=O) groups is 3. The van der Waals surface area contributed by atoms with Gasteiger partial charge in [-0.05, 0) is 37.8 Å². The predicted molar refractivity (Wildman–Crippen MR) is 109 cm³/mol. The molecule has 3 aliphatic rings. The van der Waals surface area contributed by atoms with Crippen LogP contribution < -0.4 is 5.48 Å². The van der Waals surface area contributed by atoms with Gasteiger partial charge in [0.1, 0.15) is 31.7 Å². The molecule has 1 aromatic carbocycles. The molecule has 2 heterocycles. The van der Waals surface area contributed by atoms with Crippen molar-refractivity contribution >= 4 is 23.5 Å². The number of aromatic carboxylic acids is 1. The fraction of sp³-hybridized carbons (Fsp3) is 0.591. The van der Waals surface area contributed by atoms with Gasteiger partial charge in [0.05, 0.1) is 17.9 Å². The van der Waals surface area contributed by atoms with Crippen molar-refractivity contribution in [3.8, 4) is 0 Å². The Morgan fingerprint density at radius 2 is 2.13 bits per heavy atom. The van der Waals surface area contributed by atoms with Crippen LogP contribution in [0.3, 0.4) is 0 Å². The summed E-state index contributed by atoms with van der Waals surface area (Å²) in [6.45, 7) is 5.07. The molecule has 5 atom stereocenters. The zero-order valence-corrected chi connectivity index (χ0v) is 17.8. The first-order valence-corrected chi connectivity index (χ1v) is 10.7. The van der Waals surface area contributed by atoms with Crippen molar-refractivity contribution in [2.75, 3.05) is 31.8 Å². The number of nitrogens with one attached hydrogen (secondary N) is 1. The van der Waals surface area contributed by atoms with Gasteiger partial charge in [0, 0.05) is 6.42 Å². The van der Waals surface area contributed by atoms with Gasteiger partial charge in [-0.25, -0.2) is 14.1 Å². The predicted octanol–water partition coefficient (Wildman–Crippen LogP) is 2.05. The van der Waals surface area contributed by atoms with Crippen LogP contribution in [-0.4, -0.2) is 70.5 Å². The smallest absolute Gasteiger partial charge is 0.377 e. The van der Waals surface area contributed by atoms with Crippen molar-refractivity contribution in [3.63, 3.8) is 0 Å². The van der Waals surface area contributed by atoms with Crippen LogP contribution in [0.4, 0.5) is 5.69 Å². The fourth-order valence-corrected chi connectivity index (χ4v) is 5.70. The molecule has 3 fully saturated rings. The highest BCUT2D eigenvalue weighted by atomic mass is 16.6. The summed E-state index contributed by atoms with van der Waals surface area (Å²) in [7, 11) is 0. The monoisotopic (exact) mass is 433 g/mol. The molecular weight excluding hydrogens is 404 g/mol. The molecule has 0 radical (unpaired) electrons. The molecule has 1 saturated carbocycles. The second-order valence-corrected chi connectivity index (χ2v) is 9.09. The minimum Gasteiger partial charge on any atom is -0.481 e. The number of carboxylic acid groups (broad SMARTS) is 2. The van der Waals surface area contributed by atoms with Crippen LogP contribution in [0.1, 0.15) is 42.1 Å². The van der Waals surface area contributed by atoms with E-state index in [0.717, 1.165) is 12.0 Å². The molecule has 1 amide bonds. The van der Waals surface area contributed by atoms with E-state index >= 15 is 0 Å². The largest absolute Gasteiger partial charge is 0.481 e. The Morgan fingerprint density at radius 3 is 2.84 bits per heavy atom. The number of carbonyl (C=O) groups excluding carboxylic acids is 1. The summed E-state index contributed by atoms with van der Waals surface area (Å²) in [5.41, 5.74) is 3.04. The normalized spacial score (nSPS) is 34.6. The van der Waals surface area contributed by atoms with Gasteiger partial charge in [0.2, 0.25) is 5.54 Å². The third-order valence-electron chi connectivity index (χ3n) is 7.31. The Kier molecular flexibility index (Phi) is 5.53. The van der Waals surface area contributed by atoms with E-state index in [-0.39, 0.29) is 41.1 Å². The molecule has 31 heavy (non-hydrogen) atoms. The number of hydrogen-bond acceptors (Lipinski definition) is 6. The van der Waals surface area contributed by atoms with E-state index in [0.29, 0.717) is 31.7 Å². The van der Waals surface area contributed by atoms with Crippen LogP contribution in [0.5, 0.6) is 0 Å². The number of quaternary nitrogens is 1. The number of aliphatic carboxylic acids is 1. The van der Waals surface area contributed by atoms with Crippen molar-refractivity contribution in [3.05, 3.63) is 29.3 Å². The van der Waals surface area contributed by atoms with Gasteiger partial charge in [-0.3, -0.25) is 15.1 Å². The summed E-state index contributed by atoms with van der Waals surface area (Å²) in [6.07, 6.45) is 1.89. The van der Waals surface area contributed by atoms with Gasteiger partial charge in [-0.1, -0.05) is 18.6 Å². The number of morpholine rings is 1. The molecule has 0 aromatic heterocycles. The SMILES string of the molecule is Cc1ccc(NOCC2COCC[N+]23C(=O)C32CCC(C)CC2C(=O)O)c(C(=O)O)c1. The van der Waals surface area contributed by atoms with Gasteiger partial charge in [-0.2, -0.15) is 0 Å². The number of carboxylic acids is 2. The standard InChI is InChI=1S/C22H28N2O7/c1-13-3-4-18(16(9-13)19(25)26)23-31-12-15-11-30-8-7-24(15)21(29)22(24)6-5-14(2)10-17(22)20(27)28/h3-4,9,14-15,17,23H,5-8,10-12H2,1-2H3,(H-,25,26,27,28)/p+1. The zero-order chi connectivity index (χ0) is 22.4. The maximum absolute atomic E-state index is 13.3. The number of anilines is 1. The number of aryl methyl sites for hydroxylation is 1. The van der Waals surface area contributed by atoms with Gasteiger partial charge < -0.3 is 14.9 Å². The molecule has 2 spiro atoms. The lowest BCUT2D eigenvalue weighted by molar-refractivity contribution is -0.839. The molecule has 2 saturated heterocycles. The van der Waals surface area contributed by atoms with Gasteiger partial charge in [0.15, 0.2) is 0 Å². The first-order valence-electron chi connectivity index (χ1n) is 10.7. The summed E-state index contributed by atoms with van der Waals surface area (Å²) in [4.78, 5) is 42.5. The molecule has 0 bridgehead atoms. The molecule has 2 aliphatic heterocycles. The van der Waals surface area contributed by atoms with Crippen molar-refractivity contribution < 1.29 is 38.7 Å². The number of amides is 1. The van der Waals surface area contributed by atoms with E-state index < -0.39 is 23.4 Å². The van der Waals surface area contributed by atoms with Crippen LogP contribution in [-0.2, 0) is 19.2 Å². The summed E-state index contributed by atoms with van der Waals surface area (Å²) in [5, 5.41) is 19.3. The summed E-state index contributed by atoms with van der Waals surface area (Å²) >= 11 is 0. The second kappa shape index (κ2) is 7.89. The average molecular weight is 433 g/mol. The van der Waals surface area contributed by atoms with Crippen LogP contribution in [0.15, 0.2) is 18.2 Å². The first-order chi connectivity index (χ1) is 14.7. The van der Waals surface area contributed by atoms with E-state index in [1.54, 1.807) is 25.1 Å². The van der Waals surface area contributed by atoms with E-state index in [4.69, 9.17) is 9.57 Å². The maximum atomic E-state index is 13.3. The highest BCUT2D eigenvalue weighted by molar-refractivity contribution is 5.97. The zero-order valence-electron chi connectivity index (χ0n) is 17.8. The Morgan fingerprint density at radius 1 is 1.35 bits per heavy atom. The Bertz CT molecular complexity index is 919. The van der Waals surface area contributed by atoms with Crippen LogP contribution in [0.2, 0.25) is 0 Å². The molecule has 168 valence electrons. The van der Waals surface area contributed by atoms with Crippen molar-refractivity contribution in [2.24, 2.45) is 11.8 Å².